The van der Waals surface area contributed by atoms with Gasteiger partial charge in [0.1, 0.15) is 11.6 Å². The van der Waals surface area contributed by atoms with E-state index in [1.807, 2.05) is 37.4 Å². The number of halogens is 2. The van der Waals surface area contributed by atoms with Gasteiger partial charge in [-0.15, -0.1) is 0 Å². The Morgan fingerprint density at radius 1 is 0.950 bits per heavy atom. The standard InChI is InChI=1S/C30H26F2N6O2/c1-18-28(23-5-3-4-8-33-23)36-24-14-20(31)13-22(32)27(24)29(18)37-25-15-21(38-9-11-40-12-10-38)17-35-30(25)19-6-7-26(39-2)34-16-19/h3-8,13-17H,9-12H2,1-2H3,(H,36,37). The van der Waals surface area contributed by atoms with Crippen molar-refractivity contribution in [1.82, 2.24) is 19.9 Å². The molecule has 1 aliphatic heterocycles. The Labute approximate surface area is 229 Å². The van der Waals surface area contributed by atoms with E-state index in [-0.39, 0.29) is 10.9 Å². The number of morpholine rings is 1. The molecule has 0 atom stereocenters. The molecule has 1 saturated heterocycles. The topological polar surface area (TPSA) is 85.3 Å². The van der Waals surface area contributed by atoms with E-state index in [0.717, 1.165) is 30.4 Å². The first-order chi connectivity index (χ1) is 19.5. The number of benzene rings is 1. The van der Waals surface area contributed by atoms with Gasteiger partial charge in [-0.1, -0.05) is 6.07 Å². The smallest absolute Gasteiger partial charge is 0.212 e. The van der Waals surface area contributed by atoms with Crippen LogP contribution in [-0.2, 0) is 4.74 Å². The molecule has 1 aromatic carbocycles. The zero-order valence-corrected chi connectivity index (χ0v) is 22.0. The Hall–Kier alpha value is -4.70. The lowest BCUT2D eigenvalue weighted by Crippen LogP contribution is -2.36. The minimum absolute atomic E-state index is 0.175. The summed E-state index contributed by atoms with van der Waals surface area (Å²) < 4.78 is 40.5. The van der Waals surface area contributed by atoms with Gasteiger partial charge in [0.25, 0.3) is 0 Å². The van der Waals surface area contributed by atoms with Crippen LogP contribution in [0, 0.1) is 18.6 Å². The maximum atomic E-state index is 15.4. The third-order valence-electron chi connectivity index (χ3n) is 6.88. The summed E-state index contributed by atoms with van der Waals surface area (Å²) in [7, 11) is 1.55. The molecule has 6 rings (SSSR count). The Bertz CT molecular complexity index is 1680. The number of hydrogen-bond donors (Lipinski definition) is 1. The number of nitrogens with zero attached hydrogens (tertiary/aromatic N) is 5. The van der Waals surface area contributed by atoms with Crippen molar-refractivity contribution in [2.75, 3.05) is 43.6 Å². The number of hydrogen-bond acceptors (Lipinski definition) is 8. The van der Waals surface area contributed by atoms with Gasteiger partial charge in [0, 0.05) is 54.8 Å². The van der Waals surface area contributed by atoms with Crippen molar-refractivity contribution in [3.8, 4) is 28.5 Å². The van der Waals surface area contributed by atoms with Gasteiger partial charge < -0.3 is 19.7 Å². The van der Waals surface area contributed by atoms with Gasteiger partial charge in [-0.3, -0.25) is 9.97 Å². The zero-order chi connectivity index (χ0) is 27.6. The van der Waals surface area contributed by atoms with Crippen LogP contribution in [0.2, 0.25) is 0 Å². The molecule has 0 aliphatic carbocycles. The summed E-state index contributed by atoms with van der Waals surface area (Å²) in [6.07, 6.45) is 5.14. The minimum atomic E-state index is -0.717. The number of ether oxygens (including phenoxy) is 2. The molecule has 0 radical (unpaired) electrons. The summed E-state index contributed by atoms with van der Waals surface area (Å²) >= 11 is 0. The number of fused-ring (bicyclic) bond motifs is 1. The highest BCUT2D eigenvalue weighted by atomic mass is 19.1. The van der Waals surface area contributed by atoms with Crippen LogP contribution in [-0.4, -0.2) is 53.3 Å². The second-order valence-corrected chi connectivity index (χ2v) is 9.36. The lowest BCUT2D eigenvalue weighted by atomic mass is 10.0. The quantitative estimate of drug-likeness (QED) is 0.284. The van der Waals surface area contributed by atoms with Crippen molar-refractivity contribution in [2.24, 2.45) is 0 Å². The van der Waals surface area contributed by atoms with E-state index in [1.165, 1.54) is 6.07 Å². The molecule has 5 heterocycles. The molecule has 0 bridgehead atoms. The highest BCUT2D eigenvalue weighted by Gasteiger charge is 2.21. The molecular weight excluding hydrogens is 514 g/mol. The van der Waals surface area contributed by atoms with Gasteiger partial charge in [-0.05, 0) is 31.2 Å². The second-order valence-electron chi connectivity index (χ2n) is 9.36. The third kappa shape index (κ3) is 4.89. The van der Waals surface area contributed by atoms with Gasteiger partial charge >= 0.3 is 0 Å². The molecule has 0 spiro atoms. The van der Waals surface area contributed by atoms with E-state index >= 15 is 4.39 Å². The monoisotopic (exact) mass is 540 g/mol. The normalized spacial score (nSPS) is 13.4. The molecule has 0 amide bonds. The van der Waals surface area contributed by atoms with Crippen LogP contribution in [0.1, 0.15) is 5.56 Å². The molecule has 5 aromatic rings. The van der Waals surface area contributed by atoms with Crippen molar-refractivity contribution in [3.05, 3.63) is 84.3 Å². The summed E-state index contributed by atoms with van der Waals surface area (Å²) in [5, 5.41) is 3.63. The lowest BCUT2D eigenvalue weighted by molar-refractivity contribution is 0.122. The van der Waals surface area contributed by atoms with Crippen molar-refractivity contribution in [2.45, 2.75) is 6.92 Å². The molecule has 40 heavy (non-hydrogen) atoms. The molecule has 4 aromatic heterocycles. The van der Waals surface area contributed by atoms with Crippen LogP contribution < -0.4 is 15.0 Å². The molecule has 0 saturated carbocycles. The van der Waals surface area contributed by atoms with E-state index in [2.05, 4.69) is 25.2 Å². The number of anilines is 3. The van der Waals surface area contributed by atoms with Crippen molar-refractivity contribution < 1.29 is 18.3 Å². The first-order valence-electron chi connectivity index (χ1n) is 12.8. The summed E-state index contributed by atoms with van der Waals surface area (Å²) in [6.45, 7) is 4.52. The minimum Gasteiger partial charge on any atom is -0.481 e. The van der Waals surface area contributed by atoms with Crippen molar-refractivity contribution in [3.63, 3.8) is 0 Å². The van der Waals surface area contributed by atoms with Crippen molar-refractivity contribution in [1.29, 1.82) is 0 Å². The number of pyridine rings is 4. The summed E-state index contributed by atoms with van der Waals surface area (Å²) in [6, 6.07) is 13.2. The Balaban J connectivity index is 1.55. The summed E-state index contributed by atoms with van der Waals surface area (Å²) in [4.78, 5) is 20.4. The number of methoxy groups -OCH3 is 1. The molecular formula is C30H26F2N6O2. The highest BCUT2D eigenvalue weighted by Crippen LogP contribution is 2.39. The average Bonchev–Trinajstić information content (AvgIpc) is 2.99. The van der Waals surface area contributed by atoms with Gasteiger partial charge in [0.15, 0.2) is 0 Å². The molecule has 1 fully saturated rings. The summed E-state index contributed by atoms with van der Waals surface area (Å²) in [5.41, 5.74) is 5.27. The van der Waals surface area contributed by atoms with E-state index < -0.39 is 11.6 Å². The first kappa shape index (κ1) is 25.6. The maximum Gasteiger partial charge on any atom is 0.212 e. The van der Waals surface area contributed by atoms with Crippen LogP contribution in [0.3, 0.4) is 0 Å². The van der Waals surface area contributed by atoms with E-state index in [9.17, 15) is 4.39 Å². The number of rotatable bonds is 6. The van der Waals surface area contributed by atoms with Crippen LogP contribution in [0.25, 0.3) is 33.5 Å². The van der Waals surface area contributed by atoms with Gasteiger partial charge in [0.05, 0.1) is 71.6 Å². The van der Waals surface area contributed by atoms with Gasteiger partial charge in [-0.2, -0.15) is 0 Å². The predicted octanol–water partition coefficient (Wildman–Crippen LogP) is 5.93. The molecule has 8 nitrogen and oxygen atoms in total. The number of nitrogens with one attached hydrogen (secondary N) is 1. The summed E-state index contributed by atoms with van der Waals surface area (Å²) in [5.74, 6) is -0.950. The SMILES string of the molecule is COc1ccc(-c2ncc(N3CCOCC3)cc2Nc2c(C)c(-c3ccccn3)nc3cc(F)cc(F)c23)cn1. The largest absolute Gasteiger partial charge is 0.481 e. The van der Waals surface area contributed by atoms with Crippen LogP contribution >= 0.6 is 0 Å². The predicted molar refractivity (Wildman–Crippen MR) is 150 cm³/mol. The Kier molecular flexibility index (Phi) is 6.91. The Morgan fingerprint density at radius 2 is 1.80 bits per heavy atom. The van der Waals surface area contributed by atoms with E-state index in [1.54, 1.807) is 31.6 Å². The number of aromatic nitrogens is 4. The fourth-order valence-electron chi connectivity index (χ4n) is 4.86. The average molecular weight is 541 g/mol. The maximum absolute atomic E-state index is 15.4. The molecule has 0 unspecified atom stereocenters. The molecule has 1 N–H and O–H groups in total. The van der Waals surface area contributed by atoms with E-state index in [0.29, 0.717) is 53.1 Å². The van der Waals surface area contributed by atoms with E-state index in [4.69, 9.17) is 14.5 Å². The van der Waals surface area contributed by atoms with Crippen LogP contribution in [0.15, 0.2) is 67.1 Å². The first-order valence-corrected chi connectivity index (χ1v) is 12.8. The fourth-order valence-corrected chi connectivity index (χ4v) is 4.86. The zero-order valence-electron chi connectivity index (χ0n) is 22.0. The van der Waals surface area contributed by atoms with Gasteiger partial charge in [0.2, 0.25) is 5.88 Å². The molecule has 10 heteroatoms. The fraction of sp³-hybridized carbons (Fsp3) is 0.200. The van der Waals surface area contributed by atoms with Gasteiger partial charge in [-0.25, -0.2) is 18.7 Å². The van der Waals surface area contributed by atoms with Crippen LogP contribution in [0.5, 0.6) is 5.88 Å². The molecule has 202 valence electrons. The highest BCUT2D eigenvalue weighted by molar-refractivity contribution is 5.99. The molecule has 1 aliphatic rings. The van der Waals surface area contributed by atoms with Crippen LogP contribution in [0.4, 0.5) is 25.8 Å². The Morgan fingerprint density at radius 3 is 2.52 bits per heavy atom. The lowest BCUT2D eigenvalue weighted by Gasteiger charge is -2.29. The second kappa shape index (κ2) is 10.8. The van der Waals surface area contributed by atoms with Crippen molar-refractivity contribution >= 4 is 28.0 Å². The third-order valence-corrected chi connectivity index (χ3v) is 6.88.